The summed E-state index contributed by atoms with van der Waals surface area (Å²) in [5.74, 6) is 0.756. The lowest BCUT2D eigenvalue weighted by molar-refractivity contribution is -0.133. The number of hydrogen-bond acceptors (Lipinski definition) is 4. The molecule has 0 bridgehead atoms. The maximum absolute atomic E-state index is 10.3. The Morgan fingerprint density at radius 2 is 1.96 bits per heavy atom. The summed E-state index contributed by atoms with van der Waals surface area (Å²) in [7, 11) is 0. The first-order valence-electron chi connectivity index (χ1n) is 9.85. The second-order valence-corrected chi connectivity index (χ2v) is 6.83. The summed E-state index contributed by atoms with van der Waals surface area (Å²) in [6.45, 7) is 10.4. The van der Waals surface area contributed by atoms with Crippen LogP contribution in [-0.2, 0) is 4.74 Å². The lowest BCUT2D eigenvalue weighted by atomic mass is 9.58. The van der Waals surface area contributed by atoms with Gasteiger partial charge in [-0.25, -0.2) is 0 Å². The highest BCUT2D eigenvalue weighted by Crippen LogP contribution is 2.48. The van der Waals surface area contributed by atoms with Crippen LogP contribution in [0.25, 0.3) is 0 Å². The molecule has 2 rings (SSSR count). The molecule has 1 fully saturated rings. The van der Waals surface area contributed by atoms with Gasteiger partial charge in [-0.1, -0.05) is 13.8 Å². The van der Waals surface area contributed by atoms with Crippen LogP contribution in [-0.4, -0.2) is 47.9 Å². The van der Waals surface area contributed by atoms with Gasteiger partial charge in [0, 0.05) is 37.0 Å². The van der Waals surface area contributed by atoms with Crippen LogP contribution in [0, 0.1) is 5.41 Å². The monoisotopic (exact) mass is 490 g/mol. The summed E-state index contributed by atoms with van der Waals surface area (Å²) < 4.78 is 5.96. The molecule has 1 aliphatic carbocycles. The maximum atomic E-state index is 10.3. The standard InChI is InChI=1S/C20H34N4O2.HI/c1-5-20(6-2)17(13-18(20)26-8-4)24-19(22-7-3)23-14-16(25)15-9-11-21-12-10-15;/h9-12,16-18,25H,5-8,13-14H2,1-4H3,(H2,22,23,24);1H. The van der Waals surface area contributed by atoms with Crippen molar-refractivity contribution >= 4 is 29.9 Å². The molecule has 0 aromatic carbocycles. The summed E-state index contributed by atoms with van der Waals surface area (Å²) in [5.41, 5.74) is 0.978. The molecular formula is C20H35IN4O2. The van der Waals surface area contributed by atoms with Gasteiger partial charge in [-0.05, 0) is 50.8 Å². The molecule has 1 aliphatic rings. The molecular weight excluding hydrogens is 455 g/mol. The van der Waals surface area contributed by atoms with E-state index >= 15 is 0 Å². The van der Waals surface area contributed by atoms with Crippen LogP contribution in [0.15, 0.2) is 29.5 Å². The third-order valence-electron chi connectivity index (χ3n) is 5.64. The van der Waals surface area contributed by atoms with Gasteiger partial charge < -0.3 is 20.5 Å². The Balaban J connectivity index is 0.00000364. The number of aliphatic hydroxyl groups excluding tert-OH is 1. The van der Waals surface area contributed by atoms with Crippen molar-refractivity contribution in [1.29, 1.82) is 0 Å². The van der Waals surface area contributed by atoms with E-state index in [0.717, 1.165) is 43.9 Å². The molecule has 0 aliphatic heterocycles. The SMILES string of the molecule is CCNC(=NCC(O)c1ccncc1)NC1CC(OCC)C1(CC)CC.I. The topological polar surface area (TPSA) is 78.8 Å². The van der Waals surface area contributed by atoms with E-state index < -0.39 is 6.10 Å². The Bertz CT molecular complexity index is 566. The van der Waals surface area contributed by atoms with E-state index in [1.807, 2.05) is 19.1 Å². The summed E-state index contributed by atoms with van der Waals surface area (Å²) in [5, 5.41) is 17.2. The molecule has 1 aromatic heterocycles. The first-order valence-corrected chi connectivity index (χ1v) is 9.85. The van der Waals surface area contributed by atoms with Gasteiger partial charge in [0.2, 0.25) is 0 Å². The molecule has 1 heterocycles. The minimum Gasteiger partial charge on any atom is -0.386 e. The van der Waals surface area contributed by atoms with Crippen molar-refractivity contribution in [3.63, 3.8) is 0 Å². The molecule has 154 valence electrons. The highest BCUT2D eigenvalue weighted by Gasteiger charge is 2.53. The van der Waals surface area contributed by atoms with Crippen molar-refractivity contribution < 1.29 is 9.84 Å². The zero-order chi connectivity index (χ0) is 19.0. The van der Waals surface area contributed by atoms with Gasteiger partial charge in [0.1, 0.15) is 0 Å². The smallest absolute Gasteiger partial charge is 0.191 e. The Labute approximate surface area is 180 Å². The number of nitrogens with one attached hydrogen (secondary N) is 2. The number of pyridine rings is 1. The van der Waals surface area contributed by atoms with Gasteiger partial charge in [0.25, 0.3) is 0 Å². The van der Waals surface area contributed by atoms with Crippen LogP contribution >= 0.6 is 24.0 Å². The Hall–Kier alpha value is -0.930. The second-order valence-electron chi connectivity index (χ2n) is 6.83. The van der Waals surface area contributed by atoms with Gasteiger partial charge in [0.05, 0.1) is 18.8 Å². The molecule has 1 aromatic rings. The minimum atomic E-state index is -0.631. The number of aliphatic imine (C=N–C) groups is 1. The molecule has 0 radical (unpaired) electrons. The third kappa shape index (κ3) is 5.77. The van der Waals surface area contributed by atoms with Gasteiger partial charge in [-0.2, -0.15) is 0 Å². The highest BCUT2D eigenvalue weighted by molar-refractivity contribution is 14.0. The van der Waals surface area contributed by atoms with Crippen molar-refractivity contribution in [2.45, 2.75) is 65.2 Å². The first-order chi connectivity index (χ1) is 12.6. The number of aromatic nitrogens is 1. The lowest BCUT2D eigenvalue weighted by Gasteiger charge is -2.55. The molecule has 0 saturated heterocycles. The van der Waals surface area contributed by atoms with E-state index in [1.165, 1.54) is 0 Å². The van der Waals surface area contributed by atoms with Crippen molar-refractivity contribution in [1.82, 2.24) is 15.6 Å². The molecule has 1 saturated carbocycles. The lowest BCUT2D eigenvalue weighted by Crippen LogP contribution is -2.65. The van der Waals surface area contributed by atoms with E-state index in [0.29, 0.717) is 18.7 Å². The van der Waals surface area contributed by atoms with Crippen molar-refractivity contribution in [2.24, 2.45) is 10.4 Å². The number of halogens is 1. The van der Waals surface area contributed by atoms with E-state index in [2.05, 4.69) is 41.4 Å². The maximum Gasteiger partial charge on any atom is 0.191 e. The average Bonchev–Trinajstić information content (AvgIpc) is 2.66. The van der Waals surface area contributed by atoms with Crippen LogP contribution in [0.5, 0.6) is 0 Å². The van der Waals surface area contributed by atoms with Gasteiger partial charge in [-0.15, -0.1) is 24.0 Å². The normalized spacial score (nSPS) is 22.3. The first kappa shape index (κ1) is 24.1. The number of hydrogen-bond donors (Lipinski definition) is 3. The predicted octanol–water partition coefficient (Wildman–Crippen LogP) is 3.27. The molecule has 3 atom stereocenters. The largest absolute Gasteiger partial charge is 0.386 e. The van der Waals surface area contributed by atoms with Crippen LogP contribution in [0.2, 0.25) is 0 Å². The van der Waals surface area contributed by atoms with E-state index in [1.54, 1.807) is 12.4 Å². The van der Waals surface area contributed by atoms with Gasteiger partial charge >= 0.3 is 0 Å². The summed E-state index contributed by atoms with van der Waals surface area (Å²) in [6.07, 6.45) is 6.19. The average molecular weight is 490 g/mol. The van der Waals surface area contributed by atoms with Crippen LogP contribution in [0.1, 0.15) is 58.6 Å². The third-order valence-corrected chi connectivity index (χ3v) is 5.64. The summed E-state index contributed by atoms with van der Waals surface area (Å²) >= 11 is 0. The van der Waals surface area contributed by atoms with Crippen LogP contribution < -0.4 is 10.6 Å². The number of nitrogens with zero attached hydrogens (tertiary/aromatic N) is 2. The minimum absolute atomic E-state index is 0. The summed E-state index contributed by atoms with van der Waals surface area (Å²) in [6, 6.07) is 3.97. The van der Waals surface area contributed by atoms with E-state index in [9.17, 15) is 5.11 Å². The zero-order valence-electron chi connectivity index (χ0n) is 16.9. The Morgan fingerprint density at radius 1 is 1.30 bits per heavy atom. The van der Waals surface area contributed by atoms with E-state index in [-0.39, 0.29) is 29.4 Å². The number of ether oxygens (including phenoxy) is 1. The molecule has 3 unspecified atom stereocenters. The fraction of sp³-hybridized carbons (Fsp3) is 0.700. The fourth-order valence-electron chi connectivity index (χ4n) is 3.94. The molecule has 7 heteroatoms. The predicted molar refractivity (Wildman–Crippen MR) is 121 cm³/mol. The zero-order valence-corrected chi connectivity index (χ0v) is 19.3. The van der Waals surface area contributed by atoms with Gasteiger partial charge in [0.15, 0.2) is 5.96 Å². The number of aliphatic hydroxyl groups is 1. The highest BCUT2D eigenvalue weighted by atomic mass is 127. The molecule has 27 heavy (non-hydrogen) atoms. The van der Waals surface area contributed by atoms with Crippen LogP contribution in [0.4, 0.5) is 0 Å². The Morgan fingerprint density at radius 3 is 2.52 bits per heavy atom. The van der Waals surface area contributed by atoms with Crippen LogP contribution in [0.3, 0.4) is 0 Å². The molecule has 0 spiro atoms. The van der Waals surface area contributed by atoms with Gasteiger partial charge in [-0.3, -0.25) is 9.98 Å². The van der Waals surface area contributed by atoms with Crippen molar-refractivity contribution in [2.75, 3.05) is 19.7 Å². The van der Waals surface area contributed by atoms with E-state index in [4.69, 9.17) is 4.74 Å². The molecule has 0 amide bonds. The quantitative estimate of drug-likeness (QED) is 0.282. The van der Waals surface area contributed by atoms with Crippen molar-refractivity contribution in [3.05, 3.63) is 30.1 Å². The molecule has 3 N–H and O–H groups in total. The number of guanidine groups is 1. The van der Waals surface area contributed by atoms with Crippen molar-refractivity contribution in [3.8, 4) is 0 Å². The molecule has 6 nitrogen and oxygen atoms in total. The number of rotatable bonds is 9. The second kappa shape index (κ2) is 11.8. The Kier molecular flexibility index (Phi) is 10.5. The fourth-order valence-corrected chi connectivity index (χ4v) is 3.94. The summed E-state index contributed by atoms with van der Waals surface area (Å²) in [4.78, 5) is 8.58.